The van der Waals surface area contributed by atoms with Gasteiger partial charge in [0.2, 0.25) is 0 Å². The van der Waals surface area contributed by atoms with E-state index in [9.17, 15) is 9.18 Å². The molecule has 142 valence electrons. The van der Waals surface area contributed by atoms with E-state index in [-0.39, 0.29) is 16.9 Å². The van der Waals surface area contributed by atoms with Crippen molar-refractivity contribution < 1.29 is 4.39 Å². The zero-order valence-electron chi connectivity index (χ0n) is 15.5. The Labute approximate surface area is 164 Å². The summed E-state index contributed by atoms with van der Waals surface area (Å²) < 4.78 is 16.5. The number of fused-ring (bicyclic) bond motifs is 3. The smallest absolute Gasteiger partial charge is 0.280 e. The molecule has 4 aromatic heterocycles. The third kappa shape index (κ3) is 2.85. The van der Waals surface area contributed by atoms with Gasteiger partial charge in [-0.25, -0.2) is 8.91 Å². The van der Waals surface area contributed by atoms with Crippen LogP contribution < -0.4 is 5.56 Å². The molecule has 29 heavy (non-hydrogen) atoms. The van der Waals surface area contributed by atoms with Gasteiger partial charge in [0.1, 0.15) is 11.3 Å². The molecule has 0 aliphatic heterocycles. The lowest BCUT2D eigenvalue weighted by Crippen LogP contribution is -2.22. The summed E-state index contributed by atoms with van der Waals surface area (Å²) in [4.78, 5) is 17.0. The Bertz CT molecular complexity index is 1410. The Kier molecular flexibility index (Phi) is 3.90. The molecule has 0 saturated carbocycles. The van der Waals surface area contributed by atoms with Crippen molar-refractivity contribution in [1.29, 1.82) is 0 Å². The minimum absolute atomic E-state index is 0.233. The van der Waals surface area contributed by atoms with Gasteiger partial charge in [-0.1, -0.05) is 18.2 Å². The molecule has 0 saturated heterocycles. The third-order valence-corrected chi connectivity index (χ3v) is 4.84. The van der Waals surface area contributed by atoms with Crippen molar-refractivity contribution in [3.8, 4) is 11.1 Å². The molecule has 0 aliphatic rings. The molecule has 0 spiro atoms. The number of hydrogen-bond donors (Lipinski definition) is 0. The molecule has 0 fully saturated rings. The van der Waals surface area contributed by atoms with Crippen LogP contribution in [0.25, 0.3) is 27.8 Å². The number of pyridine rings is 2. The Hall–Kier alpha value is -3.94. The van der Waals surface area contributed by atoms with E-state index in [4.69, 9.17) is 0 Å². The van der Waals surface area contributed by atoms with Crippen LogP contribution in [0.15, 0.2) is 65.8 Å². The molecule has 7 nitrogen and oxygen atoms in total. The highest BCUT2D eigenvalue weighted by molar-refractivity contribution is 5.84. The van der Waals surface area contributed by atoms with E-state index < -0.39 is 0 Å². The Balaban J connectivity index is 1.68. The fourth-order valence-corrected chi connectivity index (χ4v) is 3.46. The van der Waals surface area contributed by atoms with E-state index >= 15 is 0 Å². The summed E-state index contributed by atoms with van der Waals surface area (Å²) >= 11 is 0. The van der Waals surface area contributed by atoms with Gasteiger partial charge >= 0.3 is 0 Å². The normalized spacial score (nSPS) is 11.4. The number of aromatic nitrogens is 6. The van der Waals surface area contributed by atoms with Crippen molar-refractivity contribution in [2.45, 2.75) is 13.5 Å². The van der Waals surface area contributed by atoms with Crippen LogP contribution in [-0.4, -0.2) is 29.4 Å². The highest BCUT2D eigenvalue weighted by Crippen LogP contribution is 2.28. The Morgan fingerprint density at radius 3 is 2.66 bits per heavy atom. The number of nitrogens with zero attached hydrogens (tertiary/aromatic N) is 6. The second kappa shape index (κ2) is 6.59. The van der Waals surface area contributed by atoms with Gasteiger partial charge in [-0.3, -0.25) is 9.78 Å². The van der Waals surface area contributed by atoms with Gasteiger partial charge in [-0.05, 0) is 42.3 Å². The topological polar surface area (TPSA) is 78.0 Å². The number of aryl methyl sites for hydroxylation is 1. The van der Waals surface area contributed by atoms with Gasteiger partial charge in [0.05, 0.1) is 17.8 Å². The number of benzene rings is 1. The molecule has 4 heterocycles. The maximum Gasteiger partial charge on any atom is 0.280 e. The lowest BCUT2D eigenvalue weighted by Gasteiger charge is -2.07. The van der Waals surface area contributed by atoms with Crippen molar-refractivity contribution in [3.05, 3.63) is 88.5 Å². The van der Waals surface area contributed by atoms with Crippen molar-refractivity contribution in [2.75, 3.05) is 0 Å². The van der Waals surface area contributed by atoms with Gasteiger partial charge in [-0.15, -0.1) is 10.2 Å². The summed E-state index contributed by atoms with van der Waals surface area (Å²) in [7, 11) is 0. The molecule has 0 amide bonds. The summed E-state index contributed by atoms with van der Waals surface area (Å²) in [6.07, 6.45) is 5.12. The molecule has 0 bridgehead atoms. The van der Waals surface area contributed by atoms with Crippen molar-refractivity contribution in [1.82, 2.24) is 29.4 Å². The van der Waals surface area contributed by atoms with Crippen LogP contribution in [0.2, 0.25) is 0 Å². The van der Waals surface area contributed by atoms with E-state index in [2.05, 4.69) is 20.3 Å². The molecule has 0 aliphatic carbocycles. The van der Waals surface area contributed by atoms with E-state index in [0.717, 1.165) is 22.4 Å². The molecule has 1 aromatic carbocycles. The van der Waals surface area contributed by atoms with Crippen molar-refractivity contribution in [2.24, 2.45) is 0 Å². The summed E-state index contributed by atoms with van der Waals surface area (Å²) in [5, 5.41) is 13.0. The second-order valence-electron chi connectivity index (χ2n) is 6.75. The second-order valence-corrected chi connectivity index (χ2v) is 6.75. The minimum atomic E-state index is -0.312. The first kappa shape index (κ1) is 17.2. The maximum absolute atomic E-state index is 13.3. The highest BCUT2D eigenvalue weighted by Gasteiger charge is 2.17. The predicted octanol–water partition coefficient (Wildman–Crippen LogP) is 3.00. The van der Waals surface area contributed by atoms with Gasteiger partial charge < -0.3 is 4.57 Å². The predicted molar refractivity (Wildman–Crippen MR) is 106 cm³/mol. The molecule has 5 rings (SSSR count). The van der Waals surface area contributed by atoms with Crippen LogP contribution in [0.4, 0.5) is 4.39 Å². The lowest BCUT2D eigenvalue weighted by molar-refractivity contribution is 0.628. The lowest BCUT2D eigenvalue weighted by atomic mass is 10.1. The molecule has 0 unspecified atom stereocenters. The summed E-state index contributed by atoms with van der Waals surface area (Å²) in [5.41, 5.74) is 4.25. The molecular formula is C21H15FN6O. The fraction of sp³-hybridized carbons (Fsp3) is 0.0952. The van der Waals surface area contributed by atoms with E-state index in [1.165, 1.54) is 12.1 Å². The van der Waals surface area contributed by atoms with Crippen LogP contribution in [0, 0.1) is 12.7 Å². The zero-order chi connectivity index (χ0) is 20.0. The Morgan fingerprint density at radius 1 is 1.07 bits per heavy atom. The van der Waals surface area contributed by atoms with Gasteiger partial charge in [0, 0.05) is 18.6 Å². The van der Waals surface area contributed by atoms with E-state index in [1.807, 2.05) is 19.1 Å². The maximum atomic E-state index is 13.3. The summed E-state index contributed by atoms with van der Waals surface area (Å²) in [6.45, 7) is 2.24. The average molecular weight is 386 g/mol. The third-order valence-electron chi connectivity index (χ3n) is 4.84. The van der Waals surface area contributed by atoms with Crippen LogP contribution in [0.5, 0.6) is 0 Å². The van der Waals surface area contributed by atoms with Crippen LogP contribution in [0.3, 0.4) is 0 Å². The van der Waals surface area contributed by atoms with Crippen molar-refractivity contribution >= 4 is 16.7 Å². The van der Waals surface area contributed by atoms with Gasteiger partial charge in [-0.2, -0.15) is 5.10 Å². The Morgan fingerprint density at radius 2 is 1.90 bits per heavy atom. The standard InChI is InChI=1S/C21H15FN6O/c1-13-18(15-4-6-16(22)7-5-15)20-25-24-19-17(28(20)26-13)8-10-27(21(19)29)12-14-3-2-9-23-11-14/h2-11H,12H2,1H3. The molecule has 8 heteroatoms. The summed E-state index contributed by atoms with van der Waals surface area (Å²) in [5.74, 6) is -0.312. The zero-order valence-corrected chi connectivity index (χ0v) is 15.5. The van der Waals surface area contributed by atoms with Crippen LogP contribution in [-0.2, 0) is 6.54 Å². The van der Waals surface area contributed by atoms with Crippen LogP contribution >= 0.6 is 0 Å². The molecule has 5 aromatic rings. The molecule has 0 radical (unpaired) electrons. The first-order chi connectivity index (χ1) is 14.1. The first-order valence-electron chi connectivity index (χ1n) is 9.02. The van der Waals surface area contributed by atoms with Crippen LogP contribution in [0.1, 0.15) is 11.3 Å². The molecule has 0 N–H and O–H groups in total. The molecule has 0 atom stereocenters. The van der Waals surface area contributed by atoms with Crippen molar-refractivity contribution in [3.63, 3.8) is 0 Å². The largest absolute Gasteiger partial charge is 0.309 e. The average Bonchev–Trinajstić information content (AvgIpc) is 3.08. The van der Waals surface area contributed by atoms with E-state index in [0.29, 0.717) is 17.7 Å². The monoisotopic (exact) mass is 386 g/mol. The number of rotatable bonds is 3. The minimum Gasteiger partial charge on any atom is -0.309 e. The molecular weight excluding hydrogens is 371 g/mol. The van der Waals surface area contributed by atoms with Gasteiger partial charge in [0.15, 0.2) is 11.2 Å². The quantitative estimate of drug-likeness (QED) is 0.476. The summed E-state index contributed by atoms with van der Waals surface area (Å²) in [6, 6.07) is 11.7. The SMILES string of the molecule is Cc1nn2c(nnc3c(=O)n(Cc4cccnc4)ccc32)c1-c1ccc(F)cc1. The highest BCUT2D eigenvalue weighted by atomic mass is 19.1. The van der Waals surface area contributed by atoms with E-state index in [1.54, 1.807) is 45.9 Å². The van der Waals surface area contributed by atoms with Gasteiger partial charge in [0.25, 0.3) is 5.56 Å². The number of hydrogen-bond acceptors (Lipinski definition) is 5. The first-order valence-corrected chi connectivity index (χ1v) is 9.02. The fourth-order valence-electron chi connectivity index (χ4n) is 3.46. The number of halogens is 1.